The molecule has 3 rings (SSSR count). The standard InChI is InChI=1S/C14H17N3O2/c1-9(13-4-3-7-19-13)17(2)14(18)12-8-11(15-16-12)10-5-6-10/h3-4,7-10H,5-6H2,1-2H3,(H,15,16). The molecule has 1 amide bonds. The summed E-state index contributed by atoms with van der Waals surface area (Å²) in [7, 11) is 1.76. The molecule has 1 aliphatic rings. The Bertz CT molecular complexity index is 569. The van der Waals surface area contributed by atoms with Crippen LogP contribution in [-0.4, -0.2) is 28.1 Å². The van der Waals surface area contributed by atoms with Gasteiger partial charge >= 0.3 is 0 Å². The summed E-state index contributed by atoms with van der Waals surface area (Å²) in [6, 6.07) is 5.45. The highest BCUT2D eigenvalue weighted by Gasteiger charge is 2.28. The van der Waals surface area contributed by atoms with E-state index in [1.54, 1.807) is 18.2 Å². The Kier molecular flexibility index (Phi) is 2.89. The van der Waals surface area contributed by atoms with Gasteiger partial charge in [-0.1, -0.05) is 0 Å². The van der Waals surface area contributed by atoms with E-state index >= 15 is 0 Å². The number of aromatic nitrogens is 2. The van der Waals surface area contributed by atoms with Crippen molar-refractivity contribution in [3.8, 4) is 0 Å². The molecule has 0 spiro atoms. The van der Waals surface area contributed by atoms with Gasteiger partial charge in [-0.3, -0.25) is 9.89 Å². The lowest BCUT2D eigenvalue weighted by atomic mass is 10.2. The van der Waals surface area contributed by atoms with Crippen molar-refractivity contribution in [1.82, 2.24) is 15.1 Å². The summed E-state index contributed by atoms with van der Waals surface area (Å²) in [6.45, 7) is 1.94. The van der Waals surface area contributed by atoms with Crippen LogP contribution in [0.3, 0.4) is 0 Å². The predicted octanol–water partition coefficient (Wildman–Crippen LogP) is 2.71. The lowest BCUT2D eigenvalue weighted by Crippen LogP contribution is -2.29. The minimum absolute atomic E-state index is 0.0907. The largest absolute Gasteiger partial charge is 0.467 e. The molecule has 5 nitrogen and oxygen atoms in total. The van der Waals surface area contributed by atoms with E-state index in [0.717, 1.165) is 11.5 Å². The summed E-state index contributed by atoms with van der Waals surface area (Å²) >= 11 is 0. The minimum atomic E-state index is -0.108. The van der Waals surface area contributed by atoms with Gasteiger partial charge in [0.25, 0.3) is 5.91 Å². The normalized spacial score (nSPS) is 16.3. The van der Waals surface area contributed by atoms with Gasteiger partial charge in [-0.2, -0.15) is 5.10 Å². The Morgan fingerprint density at radius 2 is 2.37 bits per heavy atom. The molecule has 1 atom stereocenters. The summed E-state index contributed by atoms with van der Waals surface area (Å²) < 4.78 is 5.33. The first-order valence-electron chi connectivity index (χ1n) is 6.52. The average molecular weight is 259 g/mol. The number of rotatable bonds is 4. The predicted molar refractivity (Wildman–Crippen MR) is 69.8 cm³/mol. The average Bonchev–Trinajstić information content (AvgIpc) is 2.97. The molecule has 0 aromatic carbocycles. The van der Waals surface area contributed by atoms with Gasteiger partial charge in [0.05, 0.1) is 12.3 Å². The number of furan rings is 1. The molecule has 1 aliphatic carbocycles. The summed E-state index contributed by atoms with van der Waals surface area (Å²) in [4.78, 5) is 14.0. The Morgan fingerprint density at radius 1 is 1.58 bits per heavy atom. The van der Waals surface area contributed by atoms with E-state index in [1.807, 2.05) is 25.1 Å². The van der Waals surface area contributed by atoms with E-state index in [2.05, 4.69) is 10.2 Å². The fourth-order valence-electron chi connectivity index (χ4n) is 2.13. The molecule has 0 aliphatic heterocycles. The van der Waals surface area contributed by atoms with E-state index < -0.39 is 0 Å². The molecular formula is C14H17N3O2. The van der Waals surface area contributed by atoms with E-state index in [-0.39, 0.29) is 11.9 Å². The molecule has 0 radical (unpaired) electrons. The number of H-pyrrole nitrogens is 1. The number of hydrogen-bond donors (Lipinski definition) is 1. The number of carbonyl (C=O) groups excluding carboxylic acids is 1. The number of nitrogens with zero attached hydrogens (tertiary/aromatic N) is 2. The molecule has 1 fully saturated rings. The highest BCUT2D eigenvalue weighted by molar-refractivity contribution is 5.92. The van der Waals surface area contributed by atoms with Crippen LogP contribution in [0.5, 0.6) is 0 Å². The maximum absolute atomic E-state index is 12.3. The van der Waals surface area contributed by atoms with Gasteiger partial charge in [0, 0.05) is 18.7 Å². The summed E-state index contributed by atoms with van der Waals surface area (Å²) in [5.74, 6) is 1.25. The van der Waals surface area contributed by atoms with Crippen LogP contribution in [0.2, 0.25) is 0 Å². The first-order valence-corrected chi connectivity index (χ1v) is 6.52. The molecule has 1 saturated carbocycles. The van der Waals surface area contributed by atoms with Crippen molar-refractivity contribution in [2.75, 3.05) is 7.05 Å². The van der Waals surface area contributed by atoms with Crippen molar-refractivity contribution in [2.24, 2.45) is 0 Å². The second-order valence-electron chi connectivity index (χ2n) is 5.09. The van der Waals surface area contributed by atoms with Gasteiger partial charge in [-0.05, 0) is 38.0 Å². The zero-order valence-electron chi connectivity index (χ0n) is 11.1. The van der Waals surface area contributed by atoms with E-state index in [1.165, 1.54) is 12.8 Å². The fraction of sp³-hybridized carbons (Fsp3) is 0.429. The Hall–Kier alpha value is -2.04. The second-order valence-corrected chi connectivity index (χ2v) is 5.09. The SMILES string of the molecule is CC(c1ccco1)N(C)C(=O)c1cc(C2CC2)[nH]n1. The van der Waals surface area contributed by atoms with Crippen LogP contribution in [-0.2, 0) is 0 Å². The van der Waals surface area contributed by atoms with Gasteiger partial charge in [-0.25, -0.2) is 0 Å². The molecule has 0 bridgehead atoms. The molecule has 2 aromatic rings. The quantitative estimate of drug-likeness (QED) is 0.918. The van der Waals surface area contributed by atoms with E-state index in [4.69, 9.17) is 4.42 Å². The van der Waals surface area contributed by atoms with Gasteiger partial charge in [0.2, 0.25) is 0 Å². The number of carbonyl (C=O) groups is 1. The lowest BCUT2D eigenvalue weighted by molar-refractivity contribution is 0.0720. The first-order chi connectivity index (χ1) is 9.16. The Morgan fingerprint density at radius 3 is 3.00 bits per heavy atom. The van der Waals surface area contributed by atoms with Crippen molar-refractivity contribution in [3.05, 3.63) is 41.6 Å². The molecule has 2 aromatic heterocycles. The first kappa shape index (κ1) is 12.0. The smallest absolute Gasteiger partial charge is 0.274 e. The Labute approximate surface area is 111 Å². The number of nitrogens with one attached hydrogen (secondary N) is 1. The maximum atomic E-state index is 12.3. The van der Waals surface area contributed by atoms with Crippen molar-refractivity contribution in [3.63, 3.8) is 0 Å². The van der Waals surface area contributed by atoms with Crippen molar-refractivity contribution in [1.29, 1.82) is 0 Å². The molecule has 100 valence electrons. The van der Waals surface area contributed by atoms with Crippen LogP contribution >= 0.6 is 0 Å². The number of hydrogen-bond acceptors (Lipinski definition) is 3. The molecule has 1 unspecified atom stereocenters. The molecule has 0 saturated heterocycles. The summed E-state index contributed by atoms with van der Waals surface area (Å²) in [5.41, 5.74) is 1.55. The highest BCUT2D eigenvalue weighted by atomic mass is 16.3. The summed E-state index contributed by atoms with van der Waals surface area (Å²) in [6.07, 6.45) is 3.99. The van der Waals surface area contributed by atoms with E-state index in [9.17, 15) is 4.79 Å². The monoisotopic (exact) mass is 259 g/mol. The van der Waals surface area contributed by atoms with Gasteiger partial charge in [0.1, 0.15) is 11.5 Å². The topological polar surface area (TPSA) is 62.1 Å². The van der Waals surface area contributed by atoms with Crippen LogP contribution in [0.4, 0.5) is 0 Å². The minimum Gasteiger partial charge on any atom is -0.467 e. The Balaban J connectivity index is 1.74. The van der Waals surface area contributed by atoms with Crippen molar-refractivity contribution < 1.29 is 9.21 Å². The molecular weight excluding hydrogens is 242 g/mol. The molecule has 19 heavy (non-hydrogen) atoms. The van der Waals surface area contributed by atoms with Crippen LogP contribution in [0.25, 0.3) is 0 Å². The van der Waals surface area contributed by atoms with Gasteiger partial charge < -0.3 is 9.32 Å². The van der Waals surface area contributed by atoms with Crippen LogP contribution in [0.15, 0.2) is 28.9 Å². The molecule has 1 N–H and O–H groups in total. The van der Waals surface area contributed by atoms with Gasteiger partial charge in [0.15, 0.2) is 0 Å². The van der Waals surface area contributed by atoms with Gasteiger partial charge in [-0.15, -0.1) is 0 Å². The second kappa shape index (κ2) is 4.57. The van der Waals surface area contributed by atoms with Crippen molar-refractivity contribution >= 4 is 5.91 Å². The number of amides is 1. The van der Waals surface area contributed by atoms with E-state index in [0.29, 0.717) is 11.6 Å². The third-order valence-corrected chi connectivity index (χ3v) is 3.69. The zero-order valence-corrected chi connectivity index (χ0v) is 11.1. The van der Waals surface area contributed by atoms with Crippen LogP contribution in [0.1, 0.15) is 53.7 Å². The molecule has 5 heteroatoms. The van der Waals surface area contributed by atoms with Crippen LogP contribution < -0.4 is 0 Å². The third kappa shape index (κ3) is 2.28. The highest BCUT2D eigenvalue weighted by Crippen LogP contribution is 2.39. The lowest BCUT2D eigenvalue weighted by Gasteiger charge is -2.22. The fourth-order valence-corrected chi connectivity index (χ4v) is 2.13. The zero-order chi connectivity index (χ0) is 13.4. The summed E-state index contributed by atoms with van der Waals surface area (Å²) in [5, 5.41) is 7.07. The van der Waals surface area contributed by atoms with Crippen LogP contribution in [0, 0.1) is 0 Å². The molecule has 2 heterocycles. The van der Waals surface area contributed by atoms with Crippen molar-refractivity contribution in [2.45, 2.75) is 31.7 Å². The third-order valence-electron chi connectivity index (χ3n) is 3.69. The number of aromatic amines is 1. The maximum Gasteiger partial charge on any atom is 0.274 e.